The van der Waals surface area contributed by atoms with Crippen molar-refractivity contribution in [1.82, 2.24) is 4.98 Å². The van der Waals surface area contributed by atoms with E-state index in [2.05, 4.69) is 11.2 Å². The first kappa shape index (κ1) is 7.55. The van der Waals surface area contributed by atoms with Gasteiger partial charge in [-0.15, -0.1) is 11.8 Å². The fraction of sp³-hybridized carbons (Fsp3) is 0.111. The van der Waals surface area contributed by atoms with Crippen molar-refractivity contribution in [3.63, 3.8) is 0 Å². The minimum absolute atomic E-state index is 0.817. The summed E-state index contributed by atoms with van der Waals surface area (Å²) in [5.74, 6) is 0. The van der Waals surface area contributed by atoms with E-state index in [0.29, 0.717) is 0 Å². The number of aromatic nitrogens is 1. The number of benzene rings is 1. The van der Waals surface area contributed by atoms with Gasteiger partial charge in [0.1, 0.15) is 0 Å². The van der Waals surface area contributed by atoms with Gasteiger partial charge in [-0.2, -0.15) is 0 Å². The number of hydrogen-bond donors (Lipinski definition) is 2. The topological polar surface area (TPSA) is 41.8 Å². The highest BCUT2D eigenvalue weighted by Crippen LogP contribution is 2.27. The Morgan fingerprint density at radius 1 is 1.42 bits per heavy atom. The Bertz CT molecular complexity index is 406. The first-order valence-electron chi connectivity index (χ1n) is 3.72. The third-order valence-electron chi connectivity index (χ3n) is 1.89. The van der Waals surface area contributed by atoms with Crippen molar-refractivity contribution in [2.75, 3.05) is 12.0 Å². The summed E-state index contributed by atoms with van der Waals surface area (Å²) in [4.78, 5) is 4.44. The van der Waals surface area contributed by atoms with Gasteiger partial charge in [0.15, 0.2) is 0 Å². The molecule has 0 fully saturated rings. The highest BCUT2D eigenvalue weighted by Gasteiger charge is 2.01. The molecule has 0 saturated carbocycles. The largest absolute Gasteiger partial charge is 0.399 e. The Balaban J connectivity index is 2.75. The fourth-order valence-electron chi connectivity index (χ4n) is 1.28. The number of nitrogens with two attached hydrogens (primary N) is 1. The molecule has 0 spiro atoms. The summed E-state index contributed by atoms with van der Waals surface area (Å²) in [6.45, 7) is 0. The maximum atomic E-state index is 5.68. The molecule has 0 aliphatic heterocycles. The van der Waals surface area contributed by atoms with Crippen LogP contribution in [0.25, 0.3) is 10.9 Å². The van der Waals surface area contributed by atoms with E-state index in [0.717, 1.165) is 11.2 Å². The van der Waals surface area contributed by atoms with Crippen molar-refractivity contribution < 1.29 is 0 Å². The Morgan fingerprint density at radius 3 is 3.00 bits per heavy atom. The number of nitrogens with one attached hydrogen (secondary N) is 1. The minimum atomic E-state index is 0.817. The molecule has 2 aromatic rings. The summed E-state index contributed by atoms with van der Waals surface area (Å²) in [5.41, 5.74) is 7.65. The van der Waals surface area contributed by atoms with E-state index in [9.17, 15) is 0 Å². The van der Waals surface area contributed by atoms with Gasteiger partial charge < -0.3 is 10.7 Å². The maximum Gasteiger partial charge on any atom is 0.0467 e. The zero-order valence-electron chi connectivity index (χ0n) is 6.79. The molecule has 1 aromatic carbocycles. The molecular formula is C9H10N2S. The average molecular weight is 178 g/mol. The van der Waals surface area contributed by atoms with Crippen molar-refractivity contribution in [3.8, 4) is 0 Å². The highest BCUT2D eigenvalue weighted by atomic mass is 32.2. The lowest BCUT2D eigenvalue weighted by molar-refractivity contribution is 1.42. The predicted octanol–water partition coefficient (Wildman–Crippen LogP) is 2.47. The van der Waals surface area contributed by atoms with Crippen LogP contribution < -0.4 is 5.73 Å². The van der Waals surface area contributed by atoms with Crippen LogP contribution in [0.4, 0.5) is 5.69 Å². The zero-order chi connectivity index (χ0) is 8.55. The molecule has 0 amide bonds. The van der Waals surface area contributed by atoms with Crippen molar-refractivity contribution in [3.05, 3.63) is 24.4 Å². The molecule has 2 nitrogen and oxygen atoms in total. The van der Waals surface area contributed by atoms with E-state index in [1.807, 2.05) is 24.4 Å². The second-order valence-corrected chi connectivity index (χ2v) is 3.51. The normalized spacial score (nSPS) is 10.8. The van der Waals surface area contributed by atoms with E-state index in [4.69, 9.17) is 5.73 Å². The smallest absolute Gasteiger partial charge is 0.0467 e. The Hall–Kier alpha value is -1.09. The van der Waals surface area contributed by atoms with E-state index in [1.54, 1.807) is 11.8 Å². The molecule has 62 valence electrons. The number of rotatable bonds is 1. The van der Waals surface area contributed by atoms with Crippen LogP contribution in [0.2, 0.25) is 0 Å². The van der Waals surface area contributed by atoms with Crippen LogP contribution >= 0.6 is 11.8 Å². The van der Waals surface area contributed by atoms with Crippen LogP contribution in [-0.2, 0) is 0 Å². The van der Waals surface area contributed by atoms with Crippen LogP contribution in [0.5, 0.6) is 0 Å². The number of anilines is 1. The summed E-state index contributed by atoms with van der Waals surface area (Å²) < 4.78 is 0. The van der Waals surface area contributed by atoms with Gasteiger partial charge in [-0.1, -0.05) is 0 Å². The number of nitrogen functional groups attached to an aromatic ring is 1. The molecule has 2 rings (SSSR count). The van der Waals surface area contributed by atoms with Crippen molar-refractivity contribution in [2.45, 2.75) is 4.90 Å². The zero-order valence-corrected chi connectivity index (χ0v) is 7.61. The SMILES string of the molecule is CSc1c[nH]c2ccc(N)cc12. The molecule has 0 aliphatic carbocycles. The van der Waals surface area contributed by atoms with E-state index < -0.39 is 0 Å². The van der Waals surface area contributed by atoms with Crippen molar-refractivity contribution in [1.29, 1.82) is 0 Å². The summed E-state index contributed by atoms with van der Waals surface area (Å²) in [5, 5.41) is 1.21. The number of hydrogen-bond acceptors (Lipinski definition) is 2. The van der Waals surface area contributed by atoms with Gasteiger partial charge >= 0.3 is 0 Å². The summed E-state index contributed by atoms with van der Waals surface area (Å²) >= 11 is 1.73. The number of thioether (sulfide) groups is 1. The molecule has 3 N–H and O–H groups in total. The average Bonchev–Trinajstić information content (AvgIpc) is 2.46. The lowest BCUT2D eigenvalue weighted by Gasteiger charge is -1.94. The van der Waals surface area contributed by atoms with Gasteiger partial charge in [0.05, 0.1) is 0 Å². The van der Waals surface area contributed by atoms with Crippen molar-refractivity contribution >= 4 is 28.4 Å². The highest BCUT2D eigenvalue weighted by molar-refractivity contribution is 7.98. The molecule has 0 unspecified atom stereocenters. The van der Waals surface area contributed by atoms with Crippen LogP contribution in [0.1, 0.15) is 0 Å². The third-order valence-corrected chi connectivity index (χ3v) is 2.67. The standard InChI is InChI=1S/C9H10N2S/c1-12-9-5-11-8-3-2-6(10)4-7(8)9/h2-5,11H,10H2,1H3. The molecule has 0 aliphatic rings. The maximum absolute atomic E-state index is 5.68. The van der Waals surface area contributed by atoms with E-state index in [-0.39, 0.29) is 0 Å². The fourth-order valence-corrected chi connectivity index (χ4v) is 1.85. The number of aromatic amines is 1. The van der Waals surface area contributed by atoms with Gasteiger partial charge in [0, 0.05) is 27.7 Å². The van der Waals surface area contributed by atoms with Gasteiger partial charge in [-0.3, -0.25) is 0 Å². The van der Waals surface area contributed by atoms with Crippen molar-refractivity contribution in [2.24, 2.45) is 0 Å². The van der Waals surface area contributed by atoms with Crippen LogP contribution in [0.3, 0.4) is 0 Å². The molecule has 1 aromatic heterocycles. The Labute approximate surface area is 75.2 Å². The quantitative estimate of drug-likeness (QED) is 0.520. The summed E-state index contributed by atoms with van der Waals surface area (Å²) in [6.07, 6.45) is 4.07. The molecule has 0 bridgehead atoms. The van der Waals surface area contributed by atoms with E-state index in [1.165, 1.54) is 10.3 Å². The van der Waals surface area contributed by atoms with Crippen LogP contribution in [0, 0.1) is 0 Å². The molecule has 0 atom stereocenters. The lowest BCUT2D eigenvalue weighted by Crippen LogP contribution is -1.82. The van der Waals surface area contributed by atoms with Crippen LogP contribution in [-0.4, -0.2) is 11.2 Å². The minimum Gasteiger partial charge on any atom is -0.399 e. The van der Waals surface area contributed by atoms with Gasteiger partial charge in [0.2, 0.25) is 0 Å². The summed E-state index contributed by atoms with van der Waals surface area (Å²) in [6, 6.07) is 5.91. The molecule has 12 heavy (non-hydrogen) atoms. The van der Waals surface area contributed by atoms with Gasteiger partial charge in [0.25, 0.3) is 0 Å². The molecular weight excluding hydrogens is 168 g/mol. The summed E-state index contributed by atoms with van der Waals surface area (Å²) in [7, 11) is 0. The van der Waals surface area contributed by atoms with E-state index >= 15 is 0 Å². The Kier molecular flexibility index (Phi) is 1.73. The number of fused-ring (bicyclic) bond motifs is 1. The van der Waals surface area contributed by atoms with Gasteiger partial charge in [-0.05, 0) is 24.5 Å². The predicted molar refractivity (Wildman–Crippen MR) is 54.5 cm³/mol. The first-order chi connectivity index (χ1) is 5.81. The molecule has 3 heteroatoms. The lowest BCUT2D eigenvalue weighted by atomic mass is 10.2. The molecule has 1 heterocycles. The third kappa shape index (κ3) is 1.06. The second-order valence-electron chi connectivity index (χ2n) is 2.66. The van der Waals surface area contributed by atoms with Crippen LogP contribution in [0.15, 0.2) is 29.3 Å². The first-order valence-corrected chi connectivity index (χ1v) is 4.94. The molecule has 0 saturated heterocycles. The number of H-pyrrole nitrogens is 1. The molecule has 0 radical (unpaired) electrons. The second kappa shape index (κ2) is 2.75. The van der Waals surface area contributed by atoms with Gasteiger partial charge in [-0.25, -0.2) is 0 Å². The monoisotopic (exact) mass is 178 g/mol. The Morgan fingerprint density at radius 2 is 2.25 bits per heavy atom.